The second kappa shape index (κ2) is 16.1. The molecule has 0 bridgehead atoms. The van der Waals surface area contributed by atoms with Gasteiger partial charge in [0.05, 0.1) is 16.1 Å². The second-order valence-electron chi connectivity index (χ2n) is 11.6. The number of carbonyl (C=O) groups excluding carboxylic acids is 2. The van der Waals surface area contributed by atoms with E-state index < -0.39 is 46.2 Å². The number of anilines is 1. The molecule has 1 N–H and O–H groups in total. The lowest BCUT2D eigenvalue weighted by atomic mass is 10.0. The molecule has 4 rings (SSSR count). The molecule has 2 amide bonds. The highest BCUT2D eigenvalue weighted by molar-refractivity contribution is 7.92. The fraction of sp³-hybridized carbons (Fsp3) is 0.278. The van der Waals surface area contributed by atoms with Gasteiger partial charge in [-0.1, -0.05) is 90.3 Å². The average Bonchev–Trinajstić information content (AvgIpc) is 3.06. The van der Waals surface area contributed by atoms with E-state index in [4.69, 9.17) is 23.2 Å². The number of halogens is 5. The van der Waals surface area contributed by atoms with E-state index in [1.165, 1.54) is 23.1 Å². The van der Waals surface area contributed by atoms with Crippen molar-refractivity contribution in [2.75, 3.05) is 10.8 Å². The minimum absolute atomic E-state index is 0.0329. The van der Waals surface area contributed by atoms with Gasteiger partial charge in [-0.2, -0.15) is 13.2 Å². The van der Waals surface area contributed by atoms with Gasteiger partial charge in [0.1, 0.15) is 12.6 Å². The second-order valence-corrected chi connectivity index (χ2v) is 14.3. The monoisotopic (exact) mass is 733 g/mol. The van der Waals surface area contributed by atoms with Crippen LogP contribution in [0.3, 0.4) is 0 Å². The van der Waals surface area contributed by atoms with Crippen molar-refractivity contribution in [2.45, 2.75) is 63.3 Å². The lowest BCUT2D eigenvalue weighted by Gasteiger charge is -2.34. The average molecular weight is 735 g/mol. The zero-order chi connectivity index (χ0) is 35.9. The molecule has 0 radical (unpaired) electrons. The molecule has 7 nitrogen and oxygen atoms in total. The van der Waals surface area contributed by atoms with Crippen LogP contribution in [0.25, 0.3) is 0 Å². The Morgan fingerprint density at radius 2 is 1.49 bits per heavy atom. The van der Waals surface area contributed by atoms with Crippen molar-refractivity contribution in [1.82, 2.24) is 10.2 Å². The summed E-state index contributed by atoms with van der Waals surface area (Å²) >= 11 is 13.0. The van der Waals surface area contributed by atoms with Crippen LogP contribution in [-0.2, 0) is 38.8 Å². The van der Waals surface area contributed by atoms with Crippen LogP contribution < -0.4 is 9.62 Å². The normalized spacial score (nSPS) is 13.0. The molecule has 260 valence electrons. The Morgan fingerprint density at radius 1 is 0.878 bits per heavy atom. The van der Waals surface area contributed by atoms with E-state index in [0.717, 1.165) is 17.7 Å². The van der Waals surface area contributed by atoms with Crippen molar-refractivity contribution in [3.05, 3.63) is 129 Å². The minimum Gasteiger partial charge on any atom is -0.352 e. The topological polar surface area (TPSA) is 86.8 Å². The van der Waals surface area contributed by atoms with E-state index in [9.17, 15) is 31.2 Å². The molecule has 4 aromatic carbocycles. The Hall–Kier alpha value is -4.06. The van der Waals surface area contributed by atoms with Crippen LogP contribution >= 0.6 is 23.2 Å². The number of carbonyl (C=O) groups is 2. The molecule has 0 aliphatic carbocycles. The first kappa shape index (κ1) is 37.8. The lowest BCUT2D eigenvalue weighted by Crippen LogP contribution is -2.54. The molecule has 0 spiro atoms. The molecule has 0 saturated carbocycles. The number of rotatable bonds is 13. The maximum atomic E-state index is 14.6. The first-order valence-corrected chi connectivity index (χ1v) is 17.6. The molecule has 0 aliphatic heterocycles. The molecule has 0 heterocycles. The number of sulfonamides is 1. The highest BCUT2D eigenvalue weighted by atomic mass is 35.5. The van der Waals surface area contributed by atoms with Crippen molar-refractivity contribution in [3.8, 4) is 0 Å². The molecule has 13 heteroatoms. The summed E-state index contributed by atoms with van der Waals surface area (Å²) < 4.78 is 70.4. The number of aryl methyl sites for hydroxylation is 1. The highest BCUT2D eigenvalue weighted by Crippen LogP contribution is 2.34. The van der Waals surface area contributed by atoms with Crippen LogP contribution in [0, 0.1) is 6.92 Å². The van der Waals surface area contributed by atoms with E-state index in [1.807, 2.05) is 6.92 Å². The van der Waals surface area contributed by atoms with E-state index in [0.29, 0.717) is 27.9 Å². The number of benzene rings is 4. The molecule has 0 fully saturated rings. The van der Waals surface area contributed by atoms with E-state index >= 15 is 0 Å². The van der Waals surface area contributed by atoms with Gasteiger partial charge in [-0.05, 0) is 68.3 Å². The summed E-state index contributed by atoms with van der Waals surface area (Å²) in [5.74, 6) is -1.38. The van der Waals surface area contributed by atoms with Gasteiger partial charge in [0.25, 0.3) is 10.0 Å². The van der Waals surface area contributed by atoms with Crippen molar-refractivity contribution in [2.24, 2.45) is 0 Å². The Labute approximate surface area is 294 Å². The van der Waals surface area contributed by atoms with Gasteiger partial charge in [0, 0.05) is 34.6 Å². The quantitative estimate of drug-likeness (QED) is 0.151. The van der Waals surface area contributed by atoms with Gasteiger partial charge in [0.15, 0.2) is 0 Å². The molecule has 4 aromatic rings. The molecular weight excluding hydrogens is 698 g/mol. The van der Waals surface area contributed by atoms with Crippen molar-refractivity contribution < 1.29 is 31.2 Å². The van der Waals surface area contributed by atoms with Crippen LogP contribution in [0.4, 0.5) is 18.9 Å². The number of hydrogen-bond acceptors (Lipinski definition) is 4. The van der Waals surface area contributed by atoms with E-state index in [2.05, 4.69) is 5.32 Å². The first-order valence-electron chi connectivity index (χ1n) is 15.4. The lowest BCUT2D eigenvalue weighted by molar-refractivity contribution is -0.140. The number of nitrogens with one attached hydrogen (secondary N) is 1. The first-order chi connectivity index (χ1) is 23.1. The SMILES string of the molecule is CC[C@H](C)NC(=O)[C@H](Cc1ccccc1)N(Cc1c(Cl)cccc1Cl)C(=O)CN(c1cccc(C(F)(F)F)c1)S(=O)(=O)c1ccc(C)cc1. The third-order valence-corrected chi connectivity index (χ3v) is 10.5. The van der Waals surface area contributed by atoms with Gasteiger partial charge in [-0.25, -0.2) is 8.42 Å². The Morgan fingerprint density at radius 3 is 2.08 bits per heavy atom. The van der Waals surface area contributed by atoms with Crippen LogP contribution in [0.1, 0.15) is 42.5 Å². The molecule has 0 saturated heterocycles. The summed E-state index contributed by atoms with van der Waals surface area (Å²) in [7, 11) is -4.61. The molecule has 0 aliphatic rings. The van der Waals surface area contributed by atoms with Gasteiger partial charge in [-0.3, -0.25) is 13.9 Å². The third kappa shape index (κ3) is 9.55. The molecule has 0 aromatic heterocycles. The highest BCUT2D eigenvalue weighted by Gasteiger charge is 2.37. The number of hydrogen-bond donors (Lipinski definition) is 1. The summed E-state index contributed by atoms with van der Waals surface area (Å²) in [6.07, 6.45) is -4.17. The van der Waals surface area contributed by atoms with Gasteiger partial charge in [-0.15, -0.1) is 0 Å². The van der Waals surface area contributed by atoms with Crippen LogP contribution in [0.15, 0.2) is 102 Å². The molecule has 49 heavy (non-hydrogen) atoms. The fourth-order valence-electron chi connectivity index (χ4n) is 5.05. The number of alkyl halides is 3. The Kier molecular flexibility index (Phi) is 12.4. The predicted octanol–water partition coefficient (Wildman–Crippen LogP) is 8.07. The third-order valence-electron chi connectivity index (χ3n) is 8.01. The van der Waals surface area contributed by atoms with Gasteiger partial charge >= 0.3 is 6.18 Å². The maximum Gasteiger partial charge on any atom is 0.416 e. The smallest absolute Gasteiger partial charge is 0.352 e. The maximum absolute atomic E-state index is 14.6. The molecular formula is C36H36Cl2F3N3O4S. The summed E-state index contributed by atoms with van der Waals surface area (Å²) in [4.78, 5) is 29.5. The minimum atomic E-state index is -4.79. The van der Waals surface area contributed by atoms with E-state index in [1.54, 1.807) is 74.5 Å². The summed E-state index contributed by atoms with van der Waals surface area (Å²) in [5, 5.41) is 3.32. The summed E-state index contributed by atoms with van der Waals surface area (Å²) in [6, 6.07) is 21.6. The fourth-order valence-corrected chi connectivity index (χ4v) is 6.98. The molecule has 2 atom stereocenters. The predicted molar refractivity (Wildman–Crippen MR) is 186 cm³/mol. The number of nitrogens with zero attached hydrogens (tertiary/aromatic N) is 2. The Bertz CT molecular complexity index is 1850. The van der Waals surface area contributed by atoms with Gasteiger partial charge < -0.3 is 10.2 Å². The Balaban J connectivity index is 1.88. The largest absolute Gasteiger partial charge is 0.416 e. The van der Waals surface area contributed by atoms with Crippen molar-refractivity contribution in [3.63, 3.8) is 0 Å². The van der Waals surface area contributed by atoms with Crippen molar-refractivity contribution >= 4 is 50.7 Å². The summed E-state index contributed by atoms with van der Waals surface area (Å²) in [6.45, 7) is 4.19. The van der Waals surface area contributed by atoms with Crippen LogP contribution in [0.5, 0.6) is 0 Å². The van der Waals surface area contributed by atoms with E-state index in [-0.39, 0.29) is 39.6 Å². The van der Waals surface area contributed by atoms with Crippen LogP contribution in [0.2, 0.25) is 10.0 Å². The summed E-state index contributed by atoms with van der Waals surface area (Å²) in [5.41, 5.74) is 0.274. The number of amides is 2. The van der Waals surface area contributed by atoms with Crippen LogP contribution in [-0.4, -0.2) is 43.8 Å². The zero-order valence-corrected chi connectivity index (χ0v) is 29.4. The molecule has 0 unspecified atom stereocenters. The standard InChI is InChI=1S/C36H36Cl2F3N3O4S/c1-4-25(3)42-35(46)33(20-26-10-6-5-7-11-26)43(22-30-31(37)14-9-15-32(30)38)34(45)23-44(28-13-8-12-27(21-28)36(39,40)41)49(47,48)29-18-16-24(2)17-19-29/h5-19,21,25,33H,4,20,22-23H2,1-3H3,(H,42,46)/t25-,33-/m0/s1. The van der Waals surface area contributed by atoms with Gasteiger partial charge in [0.2, 0.25) is 11.8 Å². The van der Waals surface area contributed by atoms with Crippen molar-refractivity contribution in [1.29, 1.82) is 0 Å². The zero-order valence-electron chi connectivity index (χ0n) is 27.0.